The molecule has 0 saturated heterocycles. The summed E-state index contributed by atoms with van der Waals surface area (Å²) in [5.41, 5.74) is 8.58. The number of hydrogen-bond acceptors (Lipinski definition) is 0. The molecule has 5 aromatic carbocycles. The highest BCUT2D eigenvalue weighted by Crippen LogP contribution is 2.46. The predicted molar refractivity (Wildman–Crippen MR) is 133 cm³/mol. The van der Waals surface area contributed by atoms with Gasteiger partial charge < -0.3 is 4.57 Å². The third kappa shape index (κ3) is 2.21. The second kappa shape index (κ2) is 6.21. The molecule has 148 valence electrons. The molecule has 0 amide bonds. The fraction of sp³-hybridized carbons (Fsp3) is 0.133. The molecule has 0 fully saturated rings. The van der Waals surface area contributed by atoms with E-state index in [2.05, 4.69) is 96.4 Å². The summed E-state index contributed by atoms with van der Waals surface area (Å²) < 4.78 is 2.56. The van der Waals surface area contributed by atoms with Crippen molar-refractivity contribution in [2.75, 3.05) is 0 Å². The maximum atomic E-state index is 2.56. The van der Waals surface area contributed by atoms with E-state index in [0.29, 0.717) is 0 Å². The van der Waals surface area contributed by atoms with Crippen LogP contribution in [0.3, 0.4) is 0 Å². The Morgan fingerprint density at radius 2 is 1.32 bits per heavy atom. The van der Waals surface area contributed by atoms with Crippen LogP contribution in [0.15, 0.2) is 84.9 Å². The summed E-state index contributed by atoms with van der Waals surface area (Å²) in [7, 11) is 0. The zero-order valence-corrected chi connectivity index (χ0v) is 17.7. The van der Waals surface area contributed by atoms with Gasteiger partial charge in [-0.05, 0) is 57.3 Å². The lowest BCUT2D eigenvalue weighted by atomic mass is 9.99. The second-order valence-electron chi connectivity index (χ2n) is 8.81. The molecule has 0 radical (unpaired) electrons. The fourth-order valence-electron chi connectivity index (χ4n) is 5.88. The van der Waals surface area contributed by atoms with Gasteiger partial charge >= 0.3 is 0 Å². The molecule has 0 saturated carbocycles. The van der Waals surface area contributed by atoms with Gasteiger partial charge in [0.15, 0.2) is 0 Å². The molecule has 0 aliphatic heterocycles. The maximum absolute atomic E-state index is 2.56. The summed E-state index contributed by atoms with van der Waals surface area (Å²) >= 11 is 0. The van der Waals surface area contributed by atoms with Crippen LogP contribution >= 0.6 is 0 Å². The Morgan fingerprint density at radius 3 is 2.16 bits per heavy atom. The second-order valence-corrected chi connectivity index (χ2v) is 8.81. The smallest absolute Gasteiger partial charge is 0.0571 e. The lowest BCUT2D eigenvalue weighted by Crippen LogP contribution is -1.96. The Balaban J connectivity index is 1.62. The number of aryl methyl sites for hydroxylation is 1. The number of fused-ring (bicyclic) bond motifs is 11. The van der Waals surface area contributed by atoms with Gasteiger partial charge in [-0.3, -0.25) is 0 Å². The zero-order valence-electron chi connectivity index (χ0n) is 17.7. The average molecular weight is 398 g/mol. The van der Waals surface area contributed by atoms with E-state index in [4.69, 9.17) is 0 Å². The first-order valence-corrected chi connectivity index (χ1v) is 11.3. The van der Waals surface area contributed by atoms with Crippen LogP contribution in [0.5, 0.6) is 0 Å². The molecule has 6 aromatic rings. The topological polar surface area (TPSA) is 4.93 Å². The Morgan fingerprint density at radius 1 is 0.645 bits per heavy atom. The first kappa shape index (κ1) is 17.1. The molecule has 0 atom stereocenters. The summed E-state index contributed by atoms with van der Waals surface area (Å²) in [4.78, 5) is 0. The highest BCUT2D eigenvalue weighted by Gasteiger charge is 2.25. The first-order valence-electron chi connectivity index (χ1n) is 11.3. The molecular formula is C30H23N. The third-order valence-corrected chi connectivity index (χ3v) is 7.15. The van der Waals surface area contributed by atoms with Crippen molar-refractivity contribution in [2.24, 2.45) is 0 Å². The minimum Gasteiger partial charge on any atom is -0.340 e. The summed E-state index contributed by atoms with van der Waals surface area (Å²) in [6.45, 7) is 3.32. The lowest BCUT2D eigenvalue weighted by Gasteiger charge is -2.08. The monoisotopic (exact) mass is 397 g/mol. The van der Waals surface area contributed by atoms with Crippen molar-refractivity contribution in [3.63, 3.8) is 0 Å². The number of benzene rings is 5. The average Bonchev–Trinajstić information content (AvgIpc) is 3.35. The van der Waals surface area contributed by atoms with Gasteiger partial charge in [0, 0.05) is 28.2 Å². The van der Waals surface area contributed by atoms with Crippen molar-refractivity contribution in [3.8, 4) is 11.1 Å². The quantitative estimate of drug-likeness (QED) is 0.278. The van der Waals surface area contributed by atoms with Crippen molar-refractivity contribution in [1.29, 1.82) is 0 Å². The number of hydrogen-bond donors (Lipinski definition) is 0. The van der Waals surface area contributed by atoms with E-state index in [9.17, 15) is 0 Å². The lowest BCUT2D eigenvalue weighted by molar-refractivity contribution is 0.725. The molecule has 1 heteroatoms. The third-order valence-electron chi connectivity index (χ3n) is 7.15. The molecule has 31 heavy (non-hydrogen) atoms. The SMILES string of the molecule is CCCn1c2ccc3c(c2c2ccc4ccccc4c21)Cc1c-3ccc2ccccc12. The first-order chi connectivity index (χ1) is 15.3. The molecule has 0 unspecified atom stereocenters. The van der Waals surface area contributed by atoms with Crippen LogP contribution in [0.2, 0.25) is 0 Å². The molecule has 1 aliphatic carbocycles. The van der Waals surface area contributed by atoms with Gasteiger partial charge in [-0.15, -0.1) is 0 Å². The van der Waals surface area contributed by atoms with Gasteiger partial charge in [0.1, 0.15) is 0 Å². The van der Waals surface area contributed by atoms with Gasteiger partial charge in [0.25, 0.3) is 0 Å². The highest BCUT2D eigenvalue weighted by atomic mass is 15.0. The van der Waals surface area contributed by atoms with Crippen LogP contribution in [0.25, 0.3) is 54.5 Å². The van der Waals surface area contributed by atoms with Crippen molar-refractivity contribution in [1.82, 2.24) is 4.57 Å². The van der Waals surface area contributed by atoms with E-state index in [1.807, 2.05) is 0 Å². The number of rotatable bonds is 2. The van der Waals surface area contributed by atoms with Crippen LogP contribution in [-0.2, 0) is 13.0 Å². The van der Waals surface area contributed by atoms with E-state index in [1.54, 1.807) is 0 Å². The summed E-state index contributed by atoms with van der Waals surface area (Å²) in [6, 6.07) is 31.6. The summed E-state index contributed by atoms with van der Waals surface area (Å²) in [5, 5.41) is 8.26. The van der Waals surface area contributed by atoms with Crippen LogP contribution in [0.1, 0.15) is 24.5 Å². The molecule has 1 heterocycles. The molecular weight excluding hydrogens is 374 g/mol. The van der Waals surface area contributed by atoms with E-state index < -0.39 is 0 Å². The van der Waals surface area contributed by atoms with Crippen LogP contribution in [0, 0.1) is 0 Å². The molecule has 0 N–H and O–H groups in total. The Labute approximate surface area is 181 Å². The Hall–Kier alpha value is -3.58. The molecule has 1 aromatic heterocycles. The standard InChI is InChI=1S/C30H23N/c1-2-17-31-28-16-15-24-23-13-11-19-7-3-5-9-21(19)26(23)18-27(24)29(28)25-14-12-20-8-4-6-10-22(20)30(25)31/h3-16H,2,17-18H2,1H3. The molecule has 1 nitrogen and oxygen atoms in total. The highest BCUT2D eigenvalue weighted by molar-refractivity contribution is 6.20. The van der Waals surface area contributed by atoms with Crippen molar-refractivity contribution in [2.45, 2.75) is 26.3 Å². The van der Waals surface area contributed by atoms with Gasteiger partial charge in [0.05, 0.1) is 5.52 Å². The Bertz CT molecular complexity index is 1670. The fourth-order valence-corrected chi connectivity index (χ4v) is 5.88. The van der Waals surface area contributed by atoms with Crippen molar-refractivity contribution in [3.05, 3.63) is 96.1 Å². The van der Waals surface area contributed by atoms with Gasteiger partial charge in [-0.1, -0.05) is 85.8 Å². The van der Waals surface area contributed by atoms with Crippen LogP contribution < -0.4 is 0 Å². The normalized spacial score (nSPS) is 12.8. The predicted octanol–water partition coefficient (Wildman–Crippen LogP) is 8.08. The molecule has 0 spiro atoms. The van der Waals surface area contributed by atoms with E-state index in [0.717, 1.165) is 19.4 Å². The zero-order chi connectivity index (χ0) is 20.5. The summed E-state index contributed by atoms with van der Waals surface area (Å²) in [6.07, 6.45) is 2.14. The van der Waals surface area contributed by atoms with Gasteiger partial charge in [-0.25, -0.2) is 0 Å². The van der Waals surface area contributed by atoms with Gasteiger partial charge in [-0.2, -0.15) is 0 Å². The van der Waals surface area contributed by atoms with Crippen molar-refractivity contribution >= 4 is 43.4 Å². The number of nitrogens with zero attached hydrogens (tertiary/aromatic N) is 1. The minimum atomic E-state index is 1.02. The van der Waals surface area contributed by atoms with Crippen LogP contribution in [0.4, 0.5) is 0 Å². The van der Waals surface area contributed by atoms with E-state index in [1.165, 1.54) is 65.6 Å². The maximum Gasteiger partial charge on any atom is 0.0571 e. The largest absolute Gasteiger partial charge is 0.340 e. The minimum absolute atomic E-state index is 1.02. The molecule has 7 rings (SSSR count). The van der Waals surface area contributed by atoms with Gasteiger partial charge in [0.2, 0.25) is 0 Å². The number of aromatic nitrogens is 1. The van der Waals surface area contributed by atoms with E-state index >= 15 is 0 Å². The molecule has 0 bridgehead atoms. The van der Waals surface area contributed by atoms with Crippen molar-refractivity contribution < 1.29 is 0 Å². The van der Waals surface area contributed by atoms with Crippen LogP contribution in [-0.4, -0.2) is 4.57 Å². The van der Waals surface area contributed by atoms with E-state index in [-0.39, 0.29) is 0 Å². The summed E-state index contributed by atoms with van der Waals surface area (Å²) in [5.74, 6) is 0. The molecule has 1 aliphatic rings. The Kier molecular flexibility index (Phi) is 3.43.